The number of aryl methyl sites for hydroxylation is 1. The summed E-state index contributed by atoms with van der Waals surface area (Å²) in [7, 11) is -4.76. The predicted molar refractivity (Wildman–Crippen MR) is 134 cm³/mol. The number of ether oxygens (including phenoxy) is 1. The number of nitrogens with zero attached hydrogens (tertiary/aromatic N) is 2. The van der Waals surface area contributed by atoms with Crippen LogP contribution in [0.25, 0.3) is 10.6 Å². The minimum Gasteiger partial charge on any atom is -0.493 e. The van der Waals surface area contributed by atoms with Crippen LogP contribution in [0.15, 0.2) is 48.5 Å². The molecule has 1 aromatic heterocycles. The monoisotopic (exact) mass is 559 g/mol. The summed E-state index contributed by atoms with van der Waals surface area (Å²) in [5, 5.41) is 8.10. The number of aromatic nitrogens is 2. The Bertz CT molecular complexity index is 1200. The Morgan fingerprint density at radius 1 is 1.03 bits per heavy atom. The van der Waals surface area contributed by atoms with Crippen LogP contribution in [0, 0.1) is 0 Å². The van der Waals surface area contributed by atoms with Crippen molar-refractivity contribution in [2.45, 2.75) is 50.7 Å². The maximum Gasteiger partial charge on any atom is 0.469 e. The minimum absolute atomic E-state index is 0.150. The predicted octanol–water partition coefficient (Wildman–Crippen LogP) is 5.69. The number of phosphoric ester groups is 1. The maximum atomic E-state index is 13.8. The molecule has 0 saturated carbocycles. The van der Waals surface area contributed by atoms with E-state index in [4.69, 9.17) is 20.3 Å². The van der Waals surface area contributed by atoms with E-state index in [-0.39, 0.29) is 27.9 Å². The molecule has 0 aliphatic rings. The number of alkyl halides is 3. The lowest BCUT2D eigenvalue weighted by atomic mass is 10.1. The van der Waals surface area contributed by atoms with E-state index in [2.05, 4.69) is 26.9 Å². The van der Waals surface area contributed by atoms with Crippen molar-refractivity contribution in [3.63, 3.8) is 0 Å². The number of halogens is 3. The Hall–Kier alpha value is -2.34. The molecule has 2 aromatic carbocycles. The fraction of sp³-hybridized carbons (Fsp3) is 0.417. The van der Waals surface area contributed by atoms with Crippen molar-refractivity contribution >= 4 is 19.2 Å². The third kappa shape index (κ3) is 9.17. The highest BCUT2D eigenvalue weighted by atomic mass is 32.1. The molecule has 0 radical (unpaired) electrons. The molecular weight excluding hydrogens is 530 g/mol. The molecule has 0 amide bonds. The Labute approximate surface area is 216 Å². The largest absolute Gasteiger partial charge is 0.493 e. The molecule has 1 unspecified atom stereocenters. The standard InChI is InChI=1S/C24H29F3N3O5PS/c1-23(28,16-35-36(31,32)33)22-30-29-21(37-22)18-12-13-20(19(15-18)24(25,26)27)34-14-8-3-2-5-9-17-10-6-4-7-11-17/h4,6-7,10-13,15H,2-3,5,8-9,14,16,28H2,1H3,(H2,31,32,33). The van der Waals surface area contributed by atoms with Crippen LogP contribution in [0.3, 0.4) is 0 Å². The summed E-state index contributed by atoms with van der Waals surface area (Å²) < 4.78 is 62.2. The van der Waals surface area contributed by atoms with Gasteiger partial charge in [0.1, 0.15) is 15.8 Å². The van der Waals surface area contributed by atoms with Crippen LogP contribution in [0.1, 0.15) is 48.7 Å². The summed E-state index contributed by atoms with van der Waals surface area (Å²) in [6.45, 7) is 1.03. The molecule has 0 spiro atoms. The molecule has 4 N–H and O–H groups in total. The molecule has 0 aliphatic carbocycles. The zero-order valence-electron chi connectivity index (χ0n) is 20.1. The smallest absolute Gasteiger partial charge is 0.469 e. The van der Waals surface area contributed by atoms with Crippen LogP contribution in [0.2, 0.25) is 0 Å². The molecular formula is C24H29F3N3O5PS. The Morgan fingerprint density at radius 3 is 2.41 bits per heavy atom. The maximum absolute atomic E-state index is 13.8. The average Bonchev–Trinajstić information content (AvgIpc) is 3.33. The number of unbranched alkanes of at least 4 members (excludes halogenated alkanes) is 3. The average molecular weight is 560 g/mol. The van der Waals surface area contributed by atoms with Gasteiger partial charge in [0.25, 0.3) is 0 Å². The van der Waals surface area contributed by atoms with Crippen LogP contribution in [-0.2, 0) is 27.2 Å². The van der Waals surface area contributed by atoms with E-state index in [0.717, 1.165) is 43.1 Å². The van der Waals surface area contributed by atoms with Crippen LogP contribution in [-0.4, -0.2) is 33.2 Å². The van der Waals surface area contributed by atoms with Gasteiger partial charge in [-0.05, 0) is 49.9 Å². The number of benzene rings is 2. The molecule has 0 bridgehead atoms. The number of rotatable bonds is 13. The van der Waals surface area contributed by atoms with Crippen molar-refractivity contribution in [1.82, 2.24) is 10.2 Å². The van der Waals surface area contributed by atoms with Crippen molar-refractivity contribution in [2.24, 2.45) is 5.73 Å². The van der Waals surface area contributed by atoms with Crippen molar-refractivity contribution in [3.8, 4) is 16.3 Å². The van der Waals surface area contributed by atoms with Gasteiger partial charge in [-0.3, -0.25) is 4.52 Å². The molecule has 202 valence electrons. The van der Waals surface area contributed by atoms with Crippen molar-refractivity contribution < 1.29 is 36.8 Å². The highest BCUT2D eigenvalue weighted by molar-refractivity contribution is 7.46. The van der Waals surface area contributed by atoms with Gasteiger partial charge in [0.05, 0.1) is 24.3 Å². The summed E-state index contributed by atoms with van der Waals surface area (Å²) in [5.41, 5.74) is 5.12. The van der Waals surface area contributed by atoms with Crippen molar-refractivity contribution in [2.75, 3.05) is 13.2 Å². The second-order valence-corrected chi connectivity index (χ2v) is 11.0. The van der Waals surface area contributed by atoms with E-state index in [1.807, 2.05) is 18.2 Å². The van der Waals surface area contributed by atoms with Gasteiger partial charge in [0.15, 0.2) is 0 Å². The Balaban J connectivity index is 1.59. The molecule has 3 rings (SSSR count). The number of hydrogen-bond acceptors (Lipinski definition) is 7. The van der Waals surface area contributed by atoms with Gasteiger partial charge in [-0.15, -0.1) is 10.2 Å². The zero-order valence-corrected chi connectivity index (χ0v) is 21.9. The summed E-state index contributed by atoms with van der Waals surface area (Å²) >= 11 is 0.908. The number of nitrogens with two attached hydrogens (primary N) is 1. The lowest BCUT2D eigenvalue weighted by molar-refractivity contribution is -0.138. The van der Waals surface area contributed by atoms with Crippen LogP contribution < -0.4 is 10.5 Å². The van der Waals surface area contributed by atoms with E-state index >= 15 is 0 Å². The van der Waals surface area contributed by atoms with Crippen LogP contribution in [0.4, 0.5) is 13.2 Å². The first-order chi connectivity index (χ1) is 17.4. The summed E-state index contributed by atoms with van der Waals surface area (Å²) in [6, 6.07) is 13.8. The first-order valence-corrected chi connectivity index (χ1v) is 13.9. The topological polar surface area (TPSA) is 128 Å². The molecule has 13 heteroatoms. The van der Waals surface area contributed by atoms with Crippen molar-refractivity contribution in [1.29, 1.82) is 0 Å². The first-order valence-electron chi connectivity index (χ1n) is 11.6. The van der Waals surface area contributed by atoms with Gasteiger partial charge in [-0.1, -0.05) is 54.5 Å². The van der Waals surface area contributed by atoms with E-state index in [1.54, 1.807) is 0 Å². The highest BCUT2D eigenvalue weighted by Gasteiger charge is 2.35. The normalized spacial score (nSPS) is 13.9. The SMILES string of the molecule is CC(N)(COP(=O)(O)O)c1nnc(-c2ccc(OCCCCCCc3ccccc3)c(C(F)(F)F)c2)s1. The van der Waals surface area contributed by atoms with Gasteiger partial charge in [0.2, 0.25) is 0 Å². The number of hydrogen-bond donors (Lipinski definition) is 3. The first kappa shape index (κ1) is 29.2. The molecule has 3 aromatic rings. The van der Waals surface area contributed by atoms with Crippen LogP contribution >= 0.6 is 19.2 Å². The Kier molecular flexibility index (Phi) is 9.85. The molecule has 1 atom stereocenters. The molecule has 1 heterocycles. The fourth-order valence-electron chi connectivity index (χ4n) is 3.47. The molecule has 37 heavy (non-hydrogen) atoms. The van der Waals surface area contributed by atoms with E-state index < -0.39 is 31.7 Å². The fourth-order valence-corrected chi connectivity index (χ4v) is 4.79. The van der Waals surface area contributed by atoms with Gasteiger partial charge >= 0.3 is 14.0 Å². The summed E-state index contributed by atoms with van der Waals surface area (Å²) in [5.74, 6) is -0.260. The van der Waals surface area contributed by atoms with Gasteiger partial charge in [0, 0.05) is 5.56 Å². The Morgan fingerprint density at radius 2 is 1.73 bits per heavy atom. The highest BCUT2D eigenvalue weighted by Crippen LogP contribution is 2.41. The summed E-state index contributed by atoms with van der Waals surface area (Å²) in [6.07, 6.45) is -0.225. The lowest BCUT2D eigenvalue weighted by Gasteiger charge is -2.21. The second-order valence-electron chi connectivity index (χ2n) is 8.80. The van der Waals surface area contributed by atoms with Gasteiger partial charge in [-0.25, -0.2) is 4.57 Å². The third-order valence-electron chi connectivity index (χ3n) is 5.44. The lowest BCUT2D eigenvalue weighted by Crippen LogP contribution is -2.37. The molecule has 8 nitrogen and oxygen atoms in total. The van der Waals surface area contributed by atoms with E-state index in [0.29, 0.717) is 6.42 Å². The second kappa shape index (κ2) is 12.5. The molecule has 0 saturated heterocycles. The summed E-state index contributed by atoms with van der Waals surface area (Å²) in [4.78, 5) is 17.8. The van der Waals surface area contributed by atoms with Crippen molar-refractivity contribution in [3.05, 3.63) is 64.7 Å². The molecule has 0 fully saturated rings. The number of phosphoric acid groups is 1. The van der Waals surface area contributed by atoms with E-state index in [9.17, 15) is 17.7 Å². The van der Waals surface area contributed by atoms with E-state index in [1.165, 1.54) is 24.6 Å². The zero-order chi connectivity index (χ0) is 27.1. The van der Waals surface area contributed by atoms with Crippen LogP contribution in [0.5, 0.6) is 5.75 Å². The van der Waals surface area contributed by atoms with Gasteiger partial charge in [-0.2, -0.15) is 13.2 Å². The van der Waals surface area contributed by atoms with Gasteiger partial charge < -0.3 is 20.3 Å². The quantitative estimate of drug-likeness (QED) is 0.180. The molecule has 0 aliphatic heterocycles. The third-order valence-corrected chi connectivity index (χ3v) is 7.16. The minimum atomic E-state index is -4.76.